The summed E-state index contributed by atoms with van der Waals surface area (Å²) in [6, 6.07) is 20.8. The van der Waals surface area contributed by atoms with Crippen LogP contribution in [0.3, 0.4) is 0 Å². The molecule has 1 N–H and O–H groups in total. The van der Waals surface area contributed by atoms with E-state index in [2.05, 4.69) is 15.0 Å². The molecule has 120 valence electrons. The van der Waals surface area contributed by atoms with Gasteiger partial charge in [0, 0.05) is 24.2 Å². The molecule has 0 aliphatic carbocycles. The van der Waals surface area contributed by atoms with Crippen LogP contribution in [0.25, 0.3) is 33.8 Å². The summed E-state index contributed by atoms with van der Waals surface area (Å²) in [4.78, 5) is 13.5. The first kappa shape index (κ1) is 15.0. The summed E-state index contributed by atoms with van der Waals surface area (Å²) in [5.74, 6) is 0.250. The summed E-state index contributed by atoms with van der Waals surface area (Å²) in [5.41, 5.74) is 5.41. The smallest absolute Gasteiger partial charge is 0.115 e. The number of aromatic hydroxyl groups is 1. The van der Waals surface area contributed by atoms with Gasteiger partial charge in [-0.05, 0) is 59.7 Å². The van der Waals surface area contributed by atoms with Gasteiger partial charge < -0.3 is 5.11 Å². The van der Waals surface area contributed by atoms with E-state index < -0.39 is 0 Å². The Morgan fingerprint density at radius 2 is 1.40 bits per heavy atom. The van der Waals surface area contributed by atoms with Crippen molar-refractivity contribution in [2.75, 3.05) is 0 Å². The predicted octanol–water partition coefficient (Wildman–Crippen LogP) is 4.58. The zero-order chi connectivity index (χ0) is 17.1. The van der Waals surface area contributed by atoms with Gasteiger partial charge in [-0.15, -0.1) is 0 Å². The lowest BCUT2D eigenvalue weighted by Gasteiger charge is -2.09. The molecule has 0 spiro atoms. The van der Waals surface area contributed by atoms with Gasteiger partial charge in [0.15, 0.2) is 0 Å². The van der Waals surface area contributed by atoms with Crippen LogP contribution in [-0.2, 0) is 0 Å². The number of hydrogen-bond acceptors (Lipinski definition) is 4. The lowest BCUT2D eigenvalue weighted by Crippen LogP contribution is -1.93. The van der Waals surface area contributed by atoms with Crippen LogP contribution >= 0.6 is 0 Å². The van der Waals surface area contributed by atoms with E-state index in [-0.39, 0.29) is 5.75 Å². The topological polar surface area (TPSA) is 58.9 Å². The van der Waals surface area contributed by atoms with Crippen LogP contribution in [-0.4, -0.2) is 20.1 Å². The van der Waals surface area contributed by atoms with Crippen molar-refractivity contribution in [2.24, 2.45) is 0 Å². The molecule has 0 atom stereocenters. The third-order valence-electron chi connectivity index (χ3n) is 3.95. The number of nitrogens with zero attached hydrogens (tertiary/aromatic N) is 3. The molecule has 1 aromatic carbocycles. The van der Waals surface area contributed by atoms with Crippen molar-refractivity contribution in [3.63, 3.8) is 0 Å². The molecule has 0 amide bonds. The maximum absolute atomic E-state index is 9.47. The van der Waals surface area contributed by atoms with Crippen molar-refractivity contribution in [1.29, 1.82) is 0 Å². The highest BCUT2D eigenvalue weighted by Crippen LogP contribution is 2.30. The summed E-state index contributed by atoms with van der Waals surface area (Å²) in [6.45, 7) is 0. The second-order valence-electron chi connectivity index (χ2n) is 5.59. The fraction of sp³-hybridized carbons (Fsp3) is 0. The minimum Gasteiger partial charge on any atom is -0.508 e. The molecule has 4 rings (SSSR count). The highest BCUT2D eigenvalue weighted by Gasteiger charge is 2.11. The minimum absolute atomic E-state index is 0.250. The molecular weight excluding hydrogens is 310 g/mol. The normalized spacial score (nSPS) is 10.6. The van der Waals surface area contributed by atoms with Gasteiger partial charge in [0.25, 0.3) is 0 Å². The van der Waals surface area contributed by atoms with Crippen LogP contribution in [0, 0.1) is 0 Å². The number of hydrogen-bond donors (Lipinski definition) is 1. The van der Waals surface area contributed by atoms with Gasteiger partial charge in [0.05, 0.1) is 17.1 Å². The zero-order valence-electron chi connectivity index (χ0n) is 13.4. The first-order chi connectivity index (χ1) is 12.3. The van der Waals surface area contributed by atoms with Crippen LogP contribution in [0.5, 0.6) is 5.75 Å². The lowest BCUT2D eigenvalue weighted by atomic mass is 10.0. The average molecular weight is 325 g/mol. The third-order valence-corrected chi connectivity index (χ3v) is 3.95. The van der Waals surface area contributed by atoms with Crippen molar-refractivity contribution in [3.05, 3.63) is 85.3 Å². The molecule has 3 heterocycles. The minimum atomic E-state index is 0.250. The number of aromatic nitrogens is 3. The Hall–Kier alpha value is -3.53. The Labute approximate surface area is 145 Å². The molecule has 25 heavy (non-hydrogen) atoms. The van der Waals surface area contributed by atoms with E-state index in [1.165, 1.54) is 0 Å². The Kier molecular flexibility index (Phi) is 3.92. The highest BCUT2D eigenvalue weighted by atomic mass is 16.3. The summed E-state index contributed by atoms with van der Waals surface area (Å²) in [7, 11) is 0. The zero-order valence-corrected chi connectivity index (χ0v) is 13.4. The van der Waals surface area contributed by atoms with E-state index in [1.54, 1.807) is 30.7 Å². The van der Waals surface area contributed by atoms with Crippen LogP contribution in [0.1, 0.15) is 0 Å². The molecule has 0 saturated heterocycles. The molecule has 0 aliphatic rings. The molecule has 0 radical (unpaired) electrons. The second kappa shape index (κ2) is 6.53. The van der Waals surface area contributed by atoms with E-state index in [0.717, 1.165) is 33.8 Å². The monoisotopic (exact) mass is 325 g/mol. The van der Waals surface area contributed by atoms with Crippen molar-refractivity contribution >= 4 is 0 Å². The quantitative estimate of drug-likeness (QED) is 0.599. The Morgan fingerprint density at radius 1 is 0.600 bits per heavy atom. The summed E-state index contributed by atoms with van der Waals surface area (Å²) >= 11 is 0. The molecule has 3 aromatic heterocycles. The van der Waals surface area contributed by atoms with E-state index in [9.17, 15) is 5.11 Å². The number of phenols is 1. The molecule has 4 heteroatoms. The fourth-order valence-corrected chi connectivity index (χ4v) is 2.73. The predicted molar refractivity (Wildman–Crippen MR) is 97.8 cm³/mol. The van der Waals surface area contributed by atoms with Gasteiger partial charge in [0.1, 0.15) is 5.75 Å². The van der Waals surface area contributed by atoms with Gasteiger partial charge in [0.2, 0.25) is 0 Å². The van der Waals surface area contributed by atoms with Crippen molar-refractivity contribution < 1.29 is 5.11 Å². The Balaban J connectivity index is 1.81. The molecule has 4 nitrogen and oxygen atoms in total. The summed E-state index contributed by atoms with van der Waals surface area (Å²) in [5, 5.41) is 9.47. The van der Waals surface area contributed by atoms with Gasteiger partial charge >= 0.3 is 0 Å². The number of phenolic OH excluding ortho intramolecular Hbond substituents is 1. The molecule has 0 fully saturated rings. The van der Waals surface area contributed by atoms with E-state index in [0.29, 0.717) is 0 Å². The molecule has 0 aliphatic heterocycles. The van der Waals surface area contributed by atoms with Crippen LogP contribution in [0.15, 0.2) is 85.3 Å². The number of benzene rings is 1. The maximum Gasteiger partial charge on any atom is 0.115 e. The fourth-order valence-electron chi connectivity index (χ4n) is 2.73. The molecule has 0 saturated carbocycles. The van der Waals surface area contributed by atoms with Gasteiger partial charge in [-0.3, -0.25) is 15.0 Å². The van der Waals surface area contributed by atoms with Crippen LogP contribution in [0.2, 0.25) is 0 Å². The summed E-state index contributed by atoms with van der Waals surface area (Å²) < 4.78 is 0. The van der Waals surface area contributed by atoms with Crippen molar-refractivity contribution in [2.45, 2.75) is 0 Å². The highest BCUT2D eigenvalue weighted by molar-refractivity contribution is 5.79. The van der Waals surface area contributed by atoms with Gasteiger partial charge in [-0.2, -0.15) is 0 Å². The van der Waals surface area contributed by atoms with E-state index in [4.69, 9.17) is 0 Å². The Bertz CT molecular complexity index is 999. The maximum atomic E-state index is 9.47. The van der Waals surface area contributed by atoms with Crippen LogP contribution < -0.4 is 0 Å². The van der Waals surface area contributed by atoms with E-state index in [1.807, 2.05) is 54.6 Å². The average Bonchev–Trinajstić information content (AvgIpc) is 2.69. The molecule has 0 unspecified atom stereocenters. The summed E-state index contributed by atoms with van der Waals surface area (Å²) in [6.07, 6.45) is 5.30. The second-order valence-corrected chi connectivity index (χ2v) is 5.59. The largest absolute Gasteiger partial charge is 0.508 e. The van der Waals surface area contributed by atoms with E-state index >= 15 is 0 Å². The lowest BCUT2D eigenvalue weighted by molar-refractivity contribution is 0.475. The number of rotatable bonds is 3. The van der Waals surface area contributed by atoms with Crippen molar-refractivity contribution in [3.8, 4) is 39.5 Å². The Morgan fingerprint density at radius 3 is 2.20 bits per heavy atom. The molecular formula is C21H15N3O. The third kappa shape index (κ3) is 3.10. The molecule has 0 bridgehead atoms. The van der Waals surface area contributed by atoms with Gasteiger partial charge in [-0.25, -0.2) is 0 Å². The SMILES string of the molecule is Oc1ccc(-c2ccnc(-c3ncccc3-c3ccccn3)c2)cc1. The molecule has 4 aromatic rings. The van der Waals surface area contributed by atoms with Crippen molar-refractivity contribution in [1.82, 2.24) is 15.0 Å². The standard InChI is InChI=1S/C21H15N3O/c25-17-8-6-15(7-9-17)16-10-13-23-20(14-16)21-18(4-3-12-24-21)19-5-1-2-11-22-19/h1-14,25H. The first-order valence-electron chi connectivity index (χ1n) is 7.93. The number of pyridine rings is 3. The van der Waals surface area contributed by atoms with Crippen LogP contribution in [0.4, 0.5) is 0 Å². The van der Waals surface area contributed by atoms with Gasteiger partial charge in [-0.1, -0.05) is 18.2 Å². The first-order valence-corrected chi connectivity index (χ1v) is 7.93.